The molecule has 124 valence electrons. The molecule has 0 unspecified atom stereocenters. The summed E-state index contributed by atoms with van der Waals surface area (Å²) < 4.78 is 35.5. The van der Waals surface area contributed by atoms with Crippen molar-refractivity contribution in [2.45, 2.75) is 19.0 Å². The Kier molecular flexibility index (Phi) is 8.32. The number of anilines is 1. The Labute approximate surface area is 131 Å². The van der Waals surface area contributed by atoms with E-state index in [-0.39, 0.29) is 18.8 Å². The first-order valence-corrected chi connectivity index (χ1v) is 6.21. The van der Waals surface area contributed by atoms with Gasteiger partial charge in [0.15, 0.2) is 0 Å². The second kappa shape index (κ2) is 9.14. The summed E-state index contributed by atoms with van der Waals surface area (Å²) in [4.78, 5) is 22.6. The zero-order chi connectivity index (χ0) is 15.9. The molecular weight excluding hydrogens is 323 g/mol. The van der Waals surface area contributed by atoms with Gasteiger partial charge in [0, 0.05) is 12.1 Å². The van der Waals surface area contributed by atoms with Crippen molar-refractivity contribution in [1.82, 2.24) is 10.6 Å². The van der Waals surface area contributed by atoms with Crippen LogP contribution in [0.3, 0.4) is 0 Å². The fraction of sp³-hybridized carbons (Fsp3) is 0.385. The number of rotatable bonds is 6. The first kappa shape index (κ1) is 20.0. The van der Waals surface area contributed by atoms with Crippen molar-refractivity contribution in [3.8, 4) is 0 Å². The van der Waals surface area contributed by atoms with Gasteiger partial charge in [-0.3, -0.25) is 9.59 Å². The number of hydrogen-bond acceptors (Lipinski definition) is 3. The third kappa shape index (κ3) is 8.35. The lowest BCUT2D eigenvalue weighted by Gasteiger charge is -2.09. The Morgan fingerprint density at radius 3 is 2.32 bits per heavy atom. The molecule has 0 radical (unpaired) electrons. The summed E-state index contributed by atoms with van der Waals surface area (Å²) in [5.41, 5.74) is 7.07. The van der Waals surface area contributed by atoms with Gasteiger partial charge in [-0.15, -0.1) is 12.4 Å². The van der Waals surface area contributed by atoms with Crippen molar-refractivity contribution in [1.29, 1.82) is 0 Å². The number of benzene rings is 1. The van der Waals surface area contributed by atoms with Crippen molar-refractivity contribution in [2.75, 3.05) is 18.8 Å². The number of hydrogen-bond donors (Lipinski definition) is 3. The van der Waals surface area contributed by atoms with Gasteiger partial charge in [-0.25, -0.2) is 0 Å². The molecule has 0 spiro atoms. The van der Waals surface area contributed by atoms with Crippen LogP contribution in [-0.4, -0.2) is 31.1 Å². The van der Waals surface area contributed by atoms with Crippen molar-refractivity contribution in [2.24, 2.45) is 0 Å². The molecule has 2 amide bonds. The maximum absolute atomic E-state index is 11.8. The summed E-state index contributed by atoms with van der Waals surface area (Å²) in [5, 5.41) is 3.91. The monoisotopic (exact) mass is 339 g/mol. The Morgan fingerprint density at radius 2 is 1.73 bits per heavy atom. The van der Waals surface area contributed by atoms with Crippen LogP contribution in [0.5, 0.6) is 0 Å². The summed E-state index contributed by atoms with van der Waals surface area (Å²) in [6.07, 6.45) is -3.98. The number of amides is 2. The lowest BCUT2D eigenvalue weighted by atomic mass is 10.1. The third-order valence-electron chi connectivity index (χ3n) is 2.61. The summed E-state index contributed by atoms with van der Waals surface area (Å²) in [7, 11) is 0. The Morgan fingerprint density at radius 1 is 1.09 bits per heavy atom. The largest absolute Gasteiger partial charge is 0.405 e. The minimum Gasteiger partial charge on any atom is -0.399 e. The molecule has 5 nitrogen and oxygen atoms in total. The van der Waals surface area contributed by atoms with Crippen LogP contribution in [0.4, 0.5) is 18.9 Å². The maximum atomic E-state index is 11.8. The van der Waals surface area contributed by atoms with Gasteiger partial charge in [-0.2, -0.15) is 13.2 Å². The number of nitrogens with one attached hydrogen (secondary N) is 2. The molecule has 1 aromatic carbocycles. The van der Waals surface area contributed by atoms with Crippen LogP contribution >= 0.6 is 12.4 Å². The van der Waals surface area contributed by atoms with Crippen LogP contribution in [0.15, 0.2) is 24.3 Å². The van der Waals surface area contributed by atoms with E-state index >= 15 is 0 Å². The maximum Gasteiger partial charge on any atom is 0.405 e. The fourth-order valence-corrected chi connectivity index (χ4v) is 1.54. The SMILES string of the molecule is Cl.Nc1ccccc1CCC(=O)NCC(=O)NCC(F)(F)F. The lowest BCUT2D eigenvalue weighted by molar-refractivity contribution is -0.138. The lowest BCUT2D eigenvalue weighted by Crippen LogP contribution is -2.40. The standard InChI is InChI=1S/C13H16F3N3O2.ClH/c14-13(15,16)8-19-12(21)7-18-11(20)6-5-9-3-1-2-4-10(9)17;/h1-4H,5-8,17H2,(H,18,20)(H,19,21);1H. The van der Waals surface area contributed by atoms with Crippen molar-refractivity contribution in [3.05, 3.63) is 29.8 Å². The van der Waals surface area contributed by atoms with Gasteiger partial charge in [-0.1, -0.05) is 18.2 Å². The Bertz CT molecular complexity index is 510. The molecule has 9 heteroatoms. The van der Waals surface area contributed by atoms with Crippen LogP contribution in [-0.2, 0) is 16.0 Å². The molecule has 0 atom stereocenters. The van der Waals surface area contributed by atoms with Crippen molar-refractivity contribution in [3.63, 3.8) is 0 Å². The van der Waals surface area contributed by atoms with Gasteiger partial charge in [0.2, 0.25) is 11.8 Å². The molecule has 0 aliphatic rings. The smallest absolute Gasteiger partial charge is 0.399 e. The van der Waals surface area contributed by atoms with Crippen LogP contribution < -0.4 is 16.4 Å². The molecular formula is C13H17ClF3N3O2. The molecule has 0 saturated heterocycles. The quantitative estimate of drug-likeness (QED) is 0.685. The van der Waals surface area contributed by atoms with E-state index in [1.165, 1.54) is 0 Å². The van der Waals surface area contributed by atoms with E-state index in [0.717, 1.165) is 5.56 Å². The molecule has 1 rings (SSSR count). The zero-order valence-electron chi connectivity index (χ0n) is 11.6. The summed E-state index contributed by atoms with van der Waals surface area (Å²) in [5.74, 6) is -1.32. The summed E-state index contributed by atoms with van der Waals surface area (Å²) in [6.45, 7) is -1.90. The second-order valence-electron chi connectivity index (χ2n) is 4.37. The molecule has 0 heterocycles. The highest BCUT2D eigenvalue weighted by molar-refractivity contribution is 5.85. The van der Waals surface area contributed by atoms with Crippen LogP contribution in [0.25, 0.3) is 0 Å². The molecule has 0 aliphatic carbocycles. The molecule has 0 aromatic heterocycles. The highest BCUT2D eigenvalue weighted by Crippen LogP contribution is 2.13. The number of alkyl halides is 3. The number of aryl methyl sites for hydroxylation is 1. The van der Waals surface area contributed by atoms with Gasteiger partial charge in [-0.05, 0) is 18.1 Å². The number of nitrogen functional groups attached to an aromatic ring is 1. The number of carbonyl (C=O) groups is 2. The zero-order valence-corrected chi connectivity index (χ0v) is 12.4. The van der Waals surface area contributed by atoms with E-state index in [4.69, 9.17) is 5.73 Å². The number of para-hydroxylation sites is 1. The van der Waals surface area contributed by atoms with Crippen LogP contribution in [0, 0.1) is 0 Å². The predicted octanol–water partition coefficient (Wildman–Crippen LogP) is 1.42. The van der Waals surface area contributed by atoms with Crippen LogP contribution in [0.1, 0.15) is 12.0 Å². The van der Waals surface area contributed by atoms with E-state index in [1.807, 2.05) is 0 Å². The van der Waals surface area contributed by atoms with Gasteiger partial charge < -0.3 is 16.4 Å². The highest BCUT2D eigenvalue weighted by atomic mass is 35.5. The second-order valence-corrected chi connectivity index (χ2v) is 4.37. The average Bonchev–Trinajstić information content (AvgIpc) is 2.41. The third-order valence-corrected chi connectivity index (χ3v) is 2.61. The first-order valence-electron chi connectivity index (χ1n) is 6.21. The van der Waals surface area contributed by atoms with Crippen LogP contribution in [0.2, 0.25) is 0 Å². The molecule has 1 aromatic rings. The molecule has 0 saturated carbocycles. The highest BCUT2D eigenvalue weighted by Gasteiger charge is 2.27. The molecule has 22 heavy (non-hydrogen) atoms. The van der Waals surface area contributed by atoms with E-state index in [9.17, 15) is 22.8 Å². The van der Waals surface area contributed by atoms with Crippen molar-refractivity contribution >= 4 is 29.9 Å². The van der Waals surface area contributed by atoms with Gasteiger partial charge in [0.1, 0.15) is 6.54 Å². The van der Waals surface area contributed by atoms with E-state index < -0.39 is 31.1 Å². The van der Waals surface area contributed by atoms with E-state index in [0.29, 0.717) is 12.1 Å². The number of carbonyl (C=O) groups excluding carboxylic acids is 2. The minimum atomic E-state index is -4.47. The topological polar surface area (TPSA) is 84.2 Å². The van der Waals surface area contributed by atoms with E-state index in [2.05, 4.69) is 5.32 Å². The molecule has 0 aliphatic heterocycles. The normalized spacial score (nSPS) is 10.5. The van der Waals surface area contributed by atoms with Gasteiger partial charge >= 0.3 is 6.18 Å². The van der Waals surface area contributed by atoms with Crippen molar-refractivity contribution < 1.29 is 22.8 Å². The van der Waals surface area contributed by atoms with Gasteiger partial charge in [0.05, 0.1) is 6.54 Å². The Balaban J connectivity index is 0.00000441. The number of nitrogens with two attached hydrogens (primary N) is 1. The molecule has 4 N–H and O–H groups in total. The molecule has 0 bridgehead atoms. The number of halogens is 4. The molecule has 0 fully saturated rings. The van der Waals surface area contributed by atoms with Gasteiger partial charge in [0.25, 0.3) is 0 Å². The first-order chi connectivity index (χ1) is 9.78. The Hall–Kier alpha value is -1.96. The predicted molar refractivity (Wildman–Crippen MR) is 78.5 cm³/mol. The fourth-order valence-electron chi connectivity index (χ4n) is 1.54. The average molecular weight is 340 g/mol. The summed E-state index contributed by atoms with van der Waals surface area (Å²) >= 11 is 0. The van der Waals surface area contributed by atoms with E-state index in [1.54, 1.807) is 29.6 Å². The summed E-state index contributed by atoms with van der Waals surface area (Å²) in [6, 6.07) is 7.04. The minimum absolute atomic E-state index is 0.